The second kappa shape index (κ2) is 12.9. The van der Waals surface area contributed by atoms with E-state index in [1.807, 2.05) is 103 Å². The molecule has 0 aliphatic rings. The van der Waals surface area contributed by atoms with Crippen molar-refractivity contribution in [3.8, 4) is 62.1 Å². The van der Waals surface area contributed by atoms with Gasteiger partial charge in [0.1, 0.15) is 0 Å². The number of hydrogen-bond acceptors (Lipinski definition) is 3. The van der Waals surface area contributed by atoms with Gasteiger partial charge in [-0.25, -0.2) is 15.0 Å². The van der Waals surface area contributed by atoms with Gasteiger partial charge in [0, 0.05) is 33.2 Å². The van der Waals surface area contributed by atoms with Crippen molar-refractivity contribution < 1.29 is 8.22 Å². The highest BCUT2D eigenvalue weighted by molar-refractivity contribution is 6.09. The first-order valence-corrected chi connectivity index (χ1v) is 17.4. The second-order valence-electron chi connectivity index (χ2n) is 12.8. The van der Waals surface area contributed by atoms with Crippen LogP contribution in [0.3, 0.4) is 0 Å². The normalized spacial score (nSPS) is 13.0. The first kappa shape index (κ1) is 24.9. The van der Waals surface area contributed by atoms with Crippen LogP contribution in [-0.2, 0) is 0 Å². The first-order chi connectivity index (χ1) is 28.7. The molecule has 0 spiro atoms. The van der Waals surface area contributed by atoms with Crippen molar-refractivity contribution in [2.24, 2.45) is 0 Å². The van der Waals surface area contributed by atoms with Crippen LogP contribution >= 0.6 is 0 Å². The van der Waals surface area contributed by atoms with Crippen LogP contribution in [0.4, 0.5) is 0 Å². The van der Waals surface area contributed by atoms with Crippen LogP contribution in [0.2, 0.25) is 0 Å². The summed E-state index contributed by atoms with van der Waals surface area (Å²) in [5, 5.41) is 2.74. The Kier molecular flexibility index (Phi) is 6.04. The molecule has 8 aromatic carbocycles. The molecule has 0 N–H and O–H groups in total. The Hall–Kier alpha value is -7.17. The molecule has 0 aliphatic carbocycles. The highest BCUT2D eigenvalue weighted by Crippen LogP contribution is 2.36. The molecule has 2 aromatic heterocycles. The van der Waals surface area contributed by atoms with Gasteiger partial charge in [0.05, 0.1) is 19.3 Å². The lowest BCUT2D eigenvalue weighted by Gasteiger charge is -2.14. The van der Waals surface area contributed by atoms with Gasteiger partial charge < -0.3 is 4.57 Å². The maximum absolute atomic E-state index is 9.08. The molecule has 4 nitrogen and oxygen atoms in total. The van der Waals surface area contributed by atoms with Gasteiger partial charge in [-0.2, -0.15) is 0 Å². The summed E-state index contributed by atoms with van der Waals surface area (Å²) in [5.41, 5.74) is 7.22. The van der Waals surface area contributed by atoms with Crippen LogP contribution in [0.15, 0.2) is 194 Å². The van der Waals surface area contributed by atoms with Crippen LogP contribution in [0.1, 0.15) is 8.22 Å². The number of rotatable bonds is 6. The largest absolute Gasteiger partial charge is 0.309 e. The molecular formula is C49H32N4. The summed E-state index contributed by atoms with van der Waals surface area (Å²) in [4.78, 5) is 15.1. The summed E-state index contributed by atoms with van der Waals surface area (Å²) in [6, 6.07) is 50.2. The zero-order chi connectivity index (χ0) is 40.4. The highest BCUT2D eigenvalue weighted by atomic mass is 15.0. The summed E-state index contributed by atoms with van der Waals surface area (Å²) in [6.45, 7) is 0. The number of fused-ring (bicyclic) bond motifs is 4. The Balaban J connectivity index is 1.21. The lowest BCUT2D eigenvalue weighted by Crippen LogP contribution is -2.02. The van der Waals surface area contributed by atoms with Gasteiger partial charge in [-0.15, -0.1) is 0 Å². The minimum absolute atomic E-state index is 0.0323. The molecule has 248 valence electrons. The molecule has 10 aromatic rings. The average Bonchev–Trinajstić information content (AvgIpc) is 3.66. The number of nitrogens with zero attached hydrogens (tertiary/aromatic N) is 4. The number of hydrogen-bond donors (Lipinski definition) is 0. The Labute approximate surface area is 315 Å². The molecule has 0 saturated heterocycles. The Morgan fingerprint density at radius 2 is 0.849 bits per heavy atom. The minimum Gasteiger partial charge on any atom is -0.309 e. The standard InChI is InChI=1S/C49H32N4/c1-3-13-33(14-4-1)40-30-41(32-42(31-40)53-45-21-11-9-19-43(45)44-20-10-12-22-46(44)53)49-51-47(36-16-5-2-6-17-36)50-48(52-49)37-26-23-35(24-27-37)39-28-25-34-15-7-8-18-38(34)29-39/h1-32H/i9D,10D,19D,20D,21D,22D. The van der Waals surface area contributed by atoms with Crippen LogP contribution in [0.5, 0.6) is 0 Å². The highest BCUT2D eigenvalue weighted by Gasteiger charge is 2.17. The van der Waals surface area contributed by atoms with E-state index in [1.54, 1.807) is 4.57 Å². The van der Waals surface area contributed by atoms with E-state index < -0.39 is 0 Å². The molecule has 0 aliphatic heterocycles. The third-order valence-electron chi connectivity index (χ3n) is 9.56. The molecule has 0 bridgehead atoms. The molecule has 0 unspecified atom stereocenters. The first-order valence-electron chi connectivity index (χ1n) is 20.4. The van der Waals surface area contributed by atoms with Crippen LogP contribution in [0, 0.1) is 0 Å². The Bertz CT molecular complexity index is 3210. The Morgan fingerprint density at radius 3 is 1.51 bits per heavy atom. The lowest BCUT2D eigenvalue weighted by atomic mass is 10.00. The van der Waals surface area contributed by atoms with E-state index in [0.29, 0.717) is 28.7 Å². The fourth-order valence-corrected chi connectivity index (χ4v) is 6.97. The molecule has 0 fully saturated rings. The molecule has 53 heavy (non-hydrogen) atoms. The third kappa shape index (κ3) is 5.63. The molecule has 4 heteroatoms. The molecule has 0 atom stereocenters. The van der Waals surface area contributed by atoms with Crippen LogP contribution < -0.4 is 0 Å². The monoisotopic (exact) mass is 682 g/mol. The zero-order valence-corrected chi connectivity index (χ0v) is 28.3. The molecule has 2 heterocycles. The summed E-state index contributed by atoms with van der Waals surface area (Å²) in [6.07, 6.45) is 0. The zero-order valence-electron chi connectivity index (χ0n) is 34.3. The van der Waals surface area contributed by atoms with E-state index in [1.165, 1.54) is 22.9 Å². The Morgan fingerprint density at radius 1 is 0.358 bits per heavy atom. The maximum Gasteiger partial charge on any atom is 0.164 e. The molecular weight excluding hydrogens is 645 g/mol. The molecule has 0 saturated carbocycles. The summed E-state index contributed by atoms with van der Waals surface area (Å²) >= 11 is 0. The van der Waals surface area contributed by atoms with E-state index >= 15 is 0 Å². The third-order valence-corrected chi connectivity index (χ3v) is 9.56. The van der Waals surface area contributed by atoms with Crippen molar-refractivity contribution in [1.29, 1.82) is 0 Å². The SMILES string of the molecule is [2H]c1cc([2H])c2c(c1[2H])c1c([2H])c([2H])cc([2H])c1n2-c1cc(-c2ccccc2)cc(-c2nc(-c3ccccc3)nc(-c3ccc(-c4ccc5ccccc5c4)cc3)n2)c1. The van der Waals surface area contributed by atoms with E-state index in [9.17, 15) is 0 Å². The van der Waals surface area contributed by atoms with Gasteiger partial charge in [-0.3, -0.25) is 0 Å². The number of aromatic nitrogens is 4. The predicted octanol–water partition coefficient (Wildman–Crippen LogP) is 12.5. The van der Waals surface area contributed by atoms with E-state index in [0.717, 1.165) is 33.4 Å². The fourth-order valence-electron chi connectivity index (χ4n) is 6.97. The maximum atomic E-state index is 9.08. The smallest absolute Gasteiger partial charge is 0.164 e. The van der Waals surface area contributed by atoms with Crippen molar-refractivity contribution in [2.75, 3.05) is 0 Å². The summed E-state index contributed by atoms with van der Waals surface area (Å²) < 4.78 is 54.7. The van der Waals surface area contributed by atoms with E-state index in [-0.39, 0.29) is 58.1 Å². The van der Waals surface area contributed by atoms with Crippen molar-refractivity contribution in [2.45, 2.75) is 0 Å². The number of benzene rings is 8. The predicted molar refractivity (Wildman–Crippen MR) is 219 cm³/mol. The van der Waals surface area contributed by atoms with Crippen LogP contribution in [-0.4, -0.2) is 19.5 Å². The van der Waals surface area contributed by atoms with Crippen molar-refractivity contribution in [1.82, 2.24) is 19.5 Å². The van der Waals surface area contributed by atoms with Crippen LogP contribution in [0.25, 0.3) is 94.7 Å². The second-order valence-corrected chi connectivity index (χ2v) is 12.8. The molecule has 0 radical (unpaired) electrons. The van der Waals surface area contributed by atoms with Gasteiger partial charge >= 0.3 is 0 Å². The van der Waals surface area contributed by atoms with Gasteiger partial charge in [-0.1, -0.05) is 158 Å². The lowest BCUT2D eigenvalue weighted by molar-refractivity contribution is 1.07. The summed E-state index contributed by atoms with van der Waals surface area (Å²) in [5.74, 6) is 1.36. The number of para-hydroxylation sites is 2. The van der Waals surface area contributed by atoms with E-state index in [2.05, 4.69) is 42.5 Å². The molecule has 10 rings (SSSR count). The van der Waals surface area contributed by atoms with Gasteiger partial charge in [0.25, 0.3) is 0 Å². The van der Waals surface area contributed by atoms with Gasteiger partial charge in [-0.05, 0) is 69.4 Å². The average molecular weight is 683 g/mol. The summed E-state index contributed by atoms with van der Waals surface area (Å²) in [7, 11) is 0. The van der Waals surface area contributed by atoms with Crippen molar-refractivity contribution in [3.63, 3.8) is 0 Å². The van der Waals surface area contributed by atoms with E-state index in [4.69, 9.17) is 23.2 Å². The minimum atomic E-state index is -0.168. The van der Waals surface area contributed by atoms with Crippen molar-refractivity contribution in [3.05, 3.63) is 194 Å². The van der Waals surface area contributed by atoms with Gasteiger partial charge in [0.2, 0.25) is 0 Å². The molecule has 0 amide bonds. The van der Waals surface area contributed by atoms with Crippen molar-refractivity contribution >= 4 is 32.6 Å². The van der Waals surface area contributed by atoms with Gasteiger partial charge in [0.15, 0.2) is 17.5 Å². The fraction of sp³-hybridized carbons (Fsp3) is 0. The quantitative estimate of drug-likeness (QED) is 0.175. The topological polar surface area (TPSA) is 43.6 Å².